The van der Waals surface area contributed by atoms with Crippen molar-refractivity contribution in [3.05, 3.63) is 83.4 Å². The van der Waals surface area contributed by atoms with Crippen LogP contribution in [-0.4, -0.2) is 0 Å². The van der Waals surface area contributed by atoms with Crippen LogP contribution in [0.4, 0.5) is 8.78 Å². The van der Waals surface area contributed by atoms with Crippen molar-refractivity contribution >= 4 is 22.4 Å². The minimum Gasteiger partial charge on any atom is -0.207 e. The summed E-state index contributed by atoms with van der Waals surface area (Å²) in [4.78, 5) is 0. The highest BCUT2D eigenvalue weighted by molar-refractivity contribution is 6.21. The second-order valence-corrected chi connectivity index (χ2v) is 5.50. The lowest BCUT2D eigenvalue weighted by Gasteiger charge is -2.13. The van der Waals surface area contributed by atoms with E-state index in [0.29, 0.717) is 6.42 Å². The van der Waals surface area contributed by atoms with Crippen molar-refractivity contribution in [3.8, 4) is 0 Å². The second kappa shape index (κ2) is 5.82. The molecular formula is C18H13ClF2. The first-order valence-electron chi connectivity index (χ1n) is 6.71. The number of rotatable bonds is 3. The predicted molar refractivity (Wildman–Crippen MR) is 82.6 cm³/mol. The summed E-state index contributed by atoms with van der Waals surface area (Å²) in [5, 5.41) is 1.59. The van der Waals surface area contributed by atoms with Crippen LogP contribution < -0.4 is 0 Å². The van der Waals surface area contributed by atoms with Gasteiger partial charge in [-0.1, -0.05) is 42.5 Å². The van der Waals surface area contributed by atoms with Crippen molar-refractivity contribution in [2.75, 3.05) is 0 Å². The number of hydrogen-bond acceptors (Lipinski definition) is 0. The quantitative estimate of drug-likeness (QED) is 0.549. The van der Waals surface area contributed by atoms with Gasteiger partial charge in [-0.05, 0) is 41.0 Å². The van der Waals surface area contributed by atoms with Gasteiger partial charge in [-0.25, -0.2) is 8.78 Å². The molecule has 0 amide bonds. The van der Waals surface area contributed by atoms with Crippen LogP contribution >= 0.6 is 11.6 Å². The molecule has 0 spiro atoms. The molecule has 0 bridgehead atoms. The van der Waals surface area contributed by atoms with Gasteiger partial charge in [0.15, 0.2) is 0 Å². The molecule has 0 saturated carbocycles. The molecule has 0 fully saturated rings. The molecular weight excluding hydrogens is 290 g/mol. The molecule has 3 heteroatoms. The van der Waals surface area contributed by atoms with E-state index in [4.69, 9.17) is 11.6 Å². The molecule has 0 aromatic heterocycles. The third-order valence-electron chi connectivity index (χ3n) is 3.57. The van der Waals surface area contributed by atoms with Crippen molar-refractivity contribution in [2.45, 2.75) is 11.8 Å². The van der Waals surface area contributed by atoms with Crippen molar-refractivity contribution in [1.29, 1.82) is 0 Å². The van der Waals surface area contributed by atoms with Gasteiger partial charge in [-0.15, -0.1) is 11.6 Å². The van der Waals surface area contributed by atoms with Gasteiger partial charge in [-0.3, -0.25) is 0 Å². The summed E-state index contributed by atoms with van der Waals surface area (Å²) in [7, 11) is 0. The summed E-state index contributed by atoms with van der Waals surface area (Å²) in [5.41, 5.74) is 1.22. The highest BCUT2D eigenvalue weighted by Gasteiger charge is 2.15. The van der Waals surface area contributed by atoms with Crippen molar-refractivity contribution in [3.63, 3.8) is 0 Å². The van der Waals surface area contributed by atoms with Crippen LogP contribution in [0.1, 0.15) is 16.5 Å². The van der Waals surface area contributed by atoms with Crippen molar-refractivity contribution in [2.24, 2.45) is 0 Å². The Morgan fingerprint density at radius 3 is 2.52 bits per heavy atom. The van der Waals surface area contributed by atoms with Crippen molar-refractivity contribution in [1.82, 2.24) is 0 Å². The molecule has 0 aliphatic carbocycles. The monoisotopic (exact) mass is 302 g/mol. The SMILES string of the molecule is Fc1ccc(F)c(C(Cl)Cc2cccc3ccccc23)c1. The minimum atomic E-state index is -0.605. The molecule has 0 N–H and O–H groups in total. The number of halogens is 3. The molecule has 21 heavy (non-hydrogen) atoms. The van der Waals surface area contributed by atoms with E-state index in [2.05, 4.69) is 0 Å². The topological polar surface area (TPSA) is 0 Å². The standard InChI is InChI=1S/C18H13ClF2/c19-17(16-11-14(20)8-9-18(16)21)10-13-6-3-5-12-4-1-2-7-15(12)13/h1-9,11,17H,10H2. The summed E-state index contributed by atoms with van der Waals surface area (Å²) in [5.74, 6) is -0.952. The smallest absolute Gasteiger partial charge is 0.128 e. The fraction of sp³-hybridized carbons (Fsp3) is 0.111. The zero-order valence-electron chi connectivity index (χ0n) is 11.2. The number of hydrogen-bond donors (Lipinski definition) is 0. The van der Waals surface area contributed by atoms with Crippen LogP contribution in [0.2, 0.25) is 0 Å². The highest BCUT2D eigenvalue weighted by Crippen LogP contribution is 2.30. The molecule has 1 atom stereocenters. The Morgan fingerprint density at radius 2 is 1.67 bits per heavy atom. The summed E-state index contributed by atoms with van der Waals surface area (Å²) in [6, 6.07) is 17.3. The summed E-state index contributed by atoms with van der Waals surface area (Å²) < 4.78 is 27.1. The lowest BCUT2D eigenvalue weighted by atomic mass is 9.98. The number of benzene rings is 3. The van der Waals surface area contributed by atoms with Crippen molar-refractivity contribution < 1.29 is 8.78 Å². The average molecular weight is 303 g/mol. The predicted octanol–water partition coefficient (Wildman–Crippen LogP) is 5.64. The number of fused-ring (bicyclic) bond motifs is 1. The Bertz CT molecular complexity index is 778. The molecule has 0 radical (unpaired) electrons. The lowest BCUT2D eigenvalue weighted by Crippen LogP contribution is -2.00. The first kappa shape index (κ1) is 14.0. The molecule has 0 aliphatic heterocycles. The molecule has 0 nitrogen and oxygen atoms in total. The Labute approximate surface area is 127 Å². The Hall–Kier alpha value is -1.93. The Balaban J connectivity index is 1.96. The van der Waals surface area contributed by atoms with Gasteiger partial charge in [0.1, 0.15) is 11.6 Å². The Morgan fingerprint density at radius 1 is 0.905 bits per heavy atom. The first-order chi connectivity index (χ1) is 10.1. The fourth-order valence-corrected chi connectivity index (χ4v) is 2.86. The molecule has 3 aromatic carbocycles. The lowest BCUT2D eigenvalue weighted by molar-refractivity contribution is 0.582. The van der Waals surface area contributed by atoms with Gasteiger partial charge in [0, 0.05) is 5.56 Å². The van der Waals surface area contributed by atoms with E-state index in [0.717, 1.165) is 34.5 Å². The van der Waals surface area contributed by atoms with E-state index in [-0.39, 0.29) is 5.56 Å². The van der Waals surface area contributed by atoms with Gasteiger partial charge in [-0.2, -0.15) is 0 Å². The molecule has 0 saturated heterocycles. The van der Waals surface area contributed by atoms with Crippen LogP contribution in [0.5, 0.6) is 0 Å². The first-order valence-corrected chi connectivity index (χ1v) is 7.14. The van der Waals surface area contributed by atoms with Crippen LogP contribution in [0.25, 0.3) is 10.8 Å². The molecule has 0 heterocycles. The minimum absolute atomic E-state index is 0.199. The maximum atomic E-state index is 13.8. The van der Waals surface area contributed by atoms with Crippen LogP contribution in [0.3, 0.4) is 0 Å². The molecule has 3 rings (SSSR count). The third-order valence-corrected chi connectivity index (χ3v) is 3.96. The second-order valence-electron chi connectivity index (χ2n) is 4.98. The molecule has 3 aromatic rings. The summed E-state index contributed by atoms with van der Waals surface area (Å²) in [6.07, 6.45) is 0.448. The van der Waals surface area contributed by atoms with E-state index >= 15 is 0 Å². The highest BCUT2D eigenvalue weighted by atomic mass is 35.5. The molecule has 0 aliphatic rings. The van der Waals surface area contributed by atoms with Crippen LogP contribution in [-0.2, 0) is 6.42 Å². The van der Waals surface area contributed by atoms with E-state index in [1.165, 1.54) is 0 Å². The summed E-state index contributed by atoms with van der Waals surface area (Å²) in [6.45, 7) is 0. The zero-order valence-corrected chi connectivity index (χ0v) is 11.9. The zero-order chi connectivity index (χ0) is 14.8. The maximum absolute atomic E-state index is 13.8. The van der Waals surface area contributed by atoms with Crippen LogP contribution in [0, 0.1) is 11.6 Å². The maximum Gasteiger partial charge on any atom is 0.128 e. The van der Waals surface area contributed by atoms with Gasteiger partial charge in [0.2, 0.25) is 0 Å². The van der Waals surface area contributed by atoms with E-state index in [1.807, 2.05) is 42.5 Å². The molecule has 1 unspecified atom stereocenters. The average Bonchev–Trinajstić information content (AvgIpc) is 2.50. The summed E-state index contributed by atoms with van der Waals surface area (Å²) >= 11 is 6.31. The van der Waals surface area contributed by atoms with Gasteiger partial charge >= 0.3 is 0 Å². The van der Waals surface area contributed by atoms with E-state index in [9.17, 15) is 8.78 Å². The fourth-order valence-electron chi connectivity index (χ4n) is 2.53. The van der Waals surface area contributed by atoms with Crippen LogP contribution in [0.15, 0.2) is 60.7 Å². The third kappa shape index (κ3) is 2.91. The van der Waals surface area contributed by atoms with Gasteiger partial charge in [0.25, 0.3) is 0 Å². The van der Waals surface area contributed by atoms with E-state index < -0.39 is 17.0 Å². The van der Waals surface area contributed by atoms with Gasteiger partial charge in [0.05, 0.1) is 5.38 Å². The largest absolute Gasteiger partial charge is 0.207 e. The normalized spacial score (nSPS) is 12.5. The molecule has 106 valence electrons. The van der Waals surface area contributed by atoms with E-state index in [1.54, 1.807) is 0 Å². The number of alkyl halides is 1. The Kier molecular flexibility index (Phi) is 3.89. The van der Waals surface area contributed by atoms with Gasteiger partial charge < -0.3 is 0 Å².